The molecule has 17 nitrogen and oxygen atoms in total. The largest absolute Gasteiger partial charge is 0.481 e. The third-order valence-electron chi connectivity index (χ3n) is 7.96. The molecule has 0 aliphatic rings. The van der Waals surface area contributed by atoms with Crippen molar-refractivity contribution in [3.05, 3.63) is 35.9 Å². The maximum Gasteiger partial charge on any atom is 0.303 e. The summed E-state index contributed by atoms with van der Waals surface area (Å²) < 4.78 is 15.6. The van der Waals surface area contributed by atoms with Gasteiger partial charge in [-0.25, -0.2) is 0 Å². The van der Waals surface area contributed by atoms with Gasteiger partial charge in [0.1, 0.15) is 0 Å². The summed E-state index contributed by atoms with van der Waals surface area (Å²) in [5, 5.41) is 86.6. The van der Waals surface area contributed by atoms with Gasteiger partial charge >= 0.3 is 23.9 Å². The van der Waals surface area contributed by atoms with Gasteiger partial charge in [-0.3, -0.25) is 19.2 Å². The molecule has 0 saturated heterocycles. The van der Waals surface area contributed by atoms with Crippen LogP contribution in [-0.4, -0.2) is 151 Å². The first-order valence-electron chi connectivity index (χ1n) is 20.5. The number of aliphatic hydroxyl groups is 6. The van der Waals surface area contributed by atoms with Crippen molar-refractivity contribution in [2.75, 3.05) is 39.6 Å². The maximum atomic E-state index is 10.3. The number of rotatable bonds is 29. The fourth-order valence-electron chi connectivity index (χ4n) is 4.22. The summed E-state index contributed by atoms with van der Waals surface area (Å²) in [6.07, 6.45) is 5.16. The lowest BCUT2D eigenvalue weighted by Crippen LogP contribution is -2.30. The molecule has 348 valence electrons. The van der Waals surface area contributed by atoms with Gasteiger partial charge in [-0.05, 0) is 70.8 Å². The Morgan fingerprint density at radius 3 is 1.31 bits per heavy atom. The van der Waals surface area contributed by atoms with E-state index in [1.54, 1.807) is 13.8 Å². The molecule has 0 saturated carbocycles. The molecule has 0 radical (unpaired) electrons. The highest BCUT2D eigenvalue weighted by Gasteiger charge is 2.20. The number of aliphatic carboxylic acids is 4. The van der Waals surface area contributed by atoms with Crippen LogP contribution in [0.1, 0.15) is 124 Å². The predicted octanol–water partition coefficient (Wildman–Crippen LogP) is 4.15. The molecule has 0 bridgehead atoms. The van der Waals surface area contributed by atoms with Crippen LogP contribution in [0.4, 0.5) is 0 Å². The molecule has 1 rings (SSSR count). The van der Waals surface area contributed by atoms with Crippen molar-refractivity contribution >= 4 is 23.9 Å². The molecule has 0 aliphatic heterocycles. The molecule has 0 aliphatic carbocycles. The quantitative estimate of drug-likeness (QED) is 0.0506. The average molecular weight is 855 g/mol. The number of carbonyl (C=O) groups is 4. The molecular formula is C42H78O17. The lowest BCUT2D eigenvalue weighted by atomic mass is 9.89. The molecule has 59 heavy (non-hydrogen) atoms. The van der Waals surface area contributed by atoms with Crippen LogP contribution in [0.15, 0.2) is 30.3 Å². The van der Waals surface area contributed by atoms with Gasteiger partial charge in [0.25, 0.3) is 0 Å². The van der Waals surface area contributed by atoms with E-state index in [2.05, 4.69) is 19.1 Å². The number of carboxylic acid groups (broad SMARTS) is 4. The Kier molecular flexibility index (Phi) is 46.8. The summed E-state index contributed by atoms with van der Waals surface area (Å²) in [4.78, 5) is 39.1. The second kappa shape index (κ2) is 44.3. The zero-order valence-corrected chi connectivity index (χ0v) is 36.2. The van der Waals surface area contributed by atoms with Gasteiger partial charge in [0.15, 0.2) is 0 Å². The summed E-state index contributed by atoms with van der Waals surface area (Å²) in [7, 11) is 0. The van der Waals surface area contributed by atoms with Crippen LogP contribution < -0.4 is 0 Å². The van der Waals surface area contributed by atoms with Crippen molar-refractivity contribution in [3.63, 3.8) is 0 Å². The highest BCUT2D eigenvalue weighted by Crippen LogP contribution is 2.20. The van der Waals surface area contributed by atoms with Crippen molar-refractivity contribution < 1.29 is 84.5 Å². The number of ether oxygens (including phenoxy) is 3. The number of unbranched alkanes of at least 4 members (excludes halogenated alkanes) is 2. The van der Waals surface area contributed by atoms with Crippen molar-refractivity contribution in [2.24, 2.45) is 5.92 Å². The summed E-state index contributed by atoms with van der Waals surface area (Å²) in [5.41, 5.74) is 1.25. The van der Waals surface area contributed by atoms with Gasteiger partial charge in [-0.1, -0.05) is 70.4 Å². The fraction of sp³-hybridized carbons (Fsp3) is 0.762. The Bertz CT molecular complexity index is 1070. The summed E-state index contributed by atoms with van der Waals surface area (Å²) >= 11 is 0. The van der Waals surface area contributed by atoms with Crippen LogP contribution in [0.3, 0.4) is 0 Å². The van der Waals surface area contributed by atoms with Gasteiger partial charge in [0.05, 0.1) is 89.1 Å². The first-order chi connectivity index (χ1) is 27.8. The number of hydrogen-bond acceptors (Lipinski definition) is 13. The van der Waals surface area contributed by atoms with Crippen LogP contribution in [0.5, 0.6) is 0 Å². The van der Waals surface area contributed by atoms with Crippen LogP contribution in [0, 0.1) is 5.92 Å². The minimum atomic E-state index is -1.08. The van der Waals surface area contributed by atoms with E-state index in [9.17, 15) is 29.4 Å². The topological polar surface area (TPSA) is 298 Å². The summed E-state index contributed by atoms with van der Waals surface area (Å²) in [6.45, 7) is 12.4. The van der Waals surface area contributed by atoms with Crippen LogP contribution >= 0.6 is 0 Å². The van der Waals surface area contributed by atoms with E-state index < -0.39 is 36.1 Å². The number of benzene rings is 1. The highest BCUT2D eigenvalue weighted by molar-refractivity contribution is 5.75. The Morgan fingerprint density at radius 1 is 0.542 bits per heavy atom. The Balaban J connectivity index is -0.000000337. The molecule has 17 heteroatoms. The normalized spacial score (nSPS) is 14.0. The zero-order chi connectivity index (χ0) is 46.0. The molecule has 0 spiro atoms. The Hall–Kier alpha value is -3.26. The van der Waals surface area contributed by atoms with Crippen molar-refractivity contribution in [1.29, 1.82) is 0 Å². The van der Waals surface area contributed by atoms with Gasteiger partial charge in [-0.15, -0.1) is 0 Å². The highest BCUT2D eigenvalue weighted by atomic mass is 16.5. The number of carboxylic acids is 4. The van der Waals surface area contributed by atoms with E-state index in [1.807, 2.05) is 39.0 Å². The maximum absolute atomic E-state index is 10.3. The Labute approximate surface area is 351 Å². The molecule has 7 atom stereocenters. The monoisotopic (exact) mass is 855 g/mol. The fourth-order valence-corrected chi connectivity index (χ4v) is 4.22. The summed E-state index contributed by atoms with van der Waals surface area (Å²) in [5.74, 6) is -3.68. The van der Waals surface area contributed by atoms with Crippen molar-refractivity contribution in [1.82, 2.24) is 0 Å². The van der Waals surface area contributed by atoms with E-state index in [1.165, 1.54) is 5.56 Å². The molecule has 1 aromatic carbocycles. The zero-order valence-electron chi connectivity index (χ0n) is 36.2. The van der Waals surface area contributed by atoms with E-state index >= 15 is 0 Å². The lowest BCUT2D eigenvalue weighted by molar-refractivity contribution is -0.143. The SMILES string of the molecule is CCC(O)COC(C)CO.CCCC(O)COC(C)CO.CCCCC(Cc1ccccc1)C(O)COC(C)CO.O=C(O)CCC(=O)O.O=C(O)CCCCC(=O)O. The second-order valence-corrected chi connectivity index (χ2v) is 13.9. The van der Waals surface area contributed by atoms with E-state index in [4.69, 9.17) is 55.1 Å². The molecule has 7 unspecified atom stereocenters. The molecule has 1 aromatic rings. The van der Waals surface area contributed by atoms with Crippen molar-refractivity contribution in [2.45, 2.75) is 162 Å². The van der Waals surface area contributed by atoms with Crippen LogP contribution in [-0.2, 0) is 39.8 Å². The number of aliphatic hydroxyl groups excluding tert-OH is 6. The lowest BCUT2D eigenvalue weighted by Gasteiger charge is -2.24. The Morgan fingerprint density at radius 2 is 0.949 bits per heavy atom. The molecule has 0 amide bonds. The minimum Gasteiger partial charge on any atom is -0.481 e. The average Bonchev–Trinajstić information content (AvgIpc) is 3.21. The van der Waals surface area contributed by atoms with Gasteiger partial charge in [0, 0.05) is 12.8 Å². The van der Waals surface area contributed by atoms with Crippen LogP contribution in [0.25, 0.3) is 0 Å². The molecule has 10 N–H and O–H groups in total. The van der Waals surface area contributed by atoms with Gasteiger partial charge in [-0.2, -0.15) is 0 Å². The first-order valence-corrected chi connectivity index (χ1v) is 20.5. The van der Waals surface area contributed by atoms with Crippen molar-refractivity contribution in [3.8, 4) is 0 Å². The molecular weight excluding hydrogens is 776 g/mol. The van der Waals surface area contributed by atoms with E-state index in [-0.39, 0.29) is 75.8 Å². The molecule has 0 aromatic heterocycles. The molecule has 0 fully saturated rings. The summed E-state index contributed by atoms with van der Waals surface area (Å²) in [6, 6.07) is 10.3. The number of hydrogen-bond donors (Lipinski definition) is 10. The first kappa shape index (κ1) is 62.4. The third-order valence-corrected chi connectivity index (χ3v) is 7.96. The van der Waals surface area contributed by atoms with Gasteiger partial charge in [0.2, 0.25) is 0 Å². The second-order valence-electron chi connectivity index (χ2n) is 13.9. The standard InChI is InChI=1S/C17H28O3.C8H18O3.C7H16O3.C6H10O4.C4H6O4/c1-3-4-10-16(11-15-8-6-5-7-9-15)17(19)13-20-14(2)12-18;1-3-4-8(10)6-11-7(2)5-9;1-3-7(9)5-10-6(2)4-8;7-5(8)3-1-2-4-6(9)10;5-3(6)1-2-4(7)8/h5-9,14,16-19H,3-4,10-13H2,1-2H3;7-10H,3-6H2,1-2H3;6-9H,3-5H2,1-2H3;1-4H2,(H,7,8)(H,9,10);1-2H2,(H,5,6)(H,7,8). The molecule has 0 heterocycles. The smallest absolute Gasteiger partial charge is 0.303 e. The minimum absolute atomic E-state index is 0.00890. The predicted molar refractivity (Wildman–Crippen MR) is 222 cm³/mol. The van der Waals surface area contributed by atoms with E-state index in [0.717, 1.165) is 38.5 Å². The van der Waals surface area contributed by atoms with E-state index in [0.29, 0.717) is 39.1 Å². The van der Waals surface area contributed by atoms with Crippen LogP contribution in [0.2, 0.25) is 0 Å². The van der Waals surface area contributed by atoms with Gasteiger partial charge < -0.3 is 65.3 Å². The third kappa shape index (κ3) is 50.8.